The Labute approximate surface area is 249 Å². The van der Waals surface area contributed by atoms with Crippen LogP contribution in [-0.4, -0.2) is 62.0 Å². The lowest BCUT2D eigenvalue weighted by Gasteiger charge is -2.38. The summed E-state index contributed by atoms with van der Waals surface area (Å²) in [5.41, 5.74) is 2.74. The average molecular weight is 588 g/mol. The van der Waals surface area contributed by atoms with Crippen LogP contribution in [0.25, 0.3) is 0 Å². The third-order valence-corrected chi connectivity index (χ3v) is 10.8. The zero-order chi connectivity index (χ0) is 29.6. The molecule has 3 aromatic carbocycles. The fourth-order valence-electron chi connectivity index (χ4n) is 6.26. The molecule has 222 valence electrons. The highest BCUT2D eigenvalue weighted by Crippen LogP contribution is 2.42. The van der Waals surface area contributed by atoms with Crippen molar-refractivity contribution in [3.63, 3.8) is 0 Å². The fraction of sp³-hybridized carbons (Fsp3) is 0.412. The minimum Gasteiger partial charge on any atom is -0.351 e. The SMILES string of the molecule is CCS(=O)(=O)c1ccc(CN2CCC3(CCN(CCC(C(=O)NCc4ccccc4)c4ccccc4)CC3)C2=O)cc1. The Morgan fingerprint density at radius 2 is 1.48 bits per heavy atom. The lowest BCUT2D eigenvalue weighted by molar-refractivity contribution is -0.138. The molecule has 0 bridgehead atoms. The molecule has 0 aromatic heterocycles. The Morgan fingerprint density at radius 3 is 2.12 bits per heavy atom. The predicted molar refractivity (Wildman–Crippen MR) is 164 cm³/mol. The minimum atomic E-state index is -3.23. The van der Waals surface area contributed by atoms with Gasteiger partial charge >= 0.3 is 0 Å². The second kappa shape index (κ2) is 13.2. The number of hydrogen-bond donors (Lipinski definition) is 1. The second-order valence-electron chi connectivity index (χ2n) is 11.6. The third-order valence-electron chi connectivity index (χ3n) is 9.01. The first-order valence-corrected chi connectivity index (χ1v) is 16.6. The van der Waals surface area contributed by atoms with Crippen molar-refractivity contribution in [1.29, 1.82) is 0 Å². The number of rotatable bonds is 11. The molecular formula is C34H41N3O4S. The first-order chi connectivity index (χ1) is 20.3. The smallest absolute Gasteiger partial charge is 0.229 e. The van der Waals surface area contributed by atoms with Gasteiger partial charge in [0.15, 0.2) is 9.84 Å². The second-order valence-corrected chi connectivity index (χ2v) is 13.9. The molecule has 0 saturated carbocycles. The summed E-state index contributed by atoms with van der Waals surface area (Å²) in [6, 6.07) is 26.9. The Morgan fingerprint density at radius 1 is 0.857 bits per heavy atom. The molecular weight excluding hydrogens is 546 g/mol. The summed E-state index contributed by atoms with van der Waals surface area (Å²) >= 11 is 0. The van der Waals surface area contributed by atoms with E-state index in [9.17, 15) is 18.0 Å². The summed E-state index contributed by atoms with van der Waals surface area (Å²) in [4.78, 5) is 31.5. The molecule has 1 N–H and O–H groups in total. The molecule has 2 saturated heterocycles. The predicted octanol–water partition coefficient (Wildman–Crippen LogP) is 4.79. The van der Waals surface area contributed by atoms with Crippen molar-refractivity contribution >= 4 is 21.7 Å². The Kier molecular flexibility index (Phi) is 9.43. The number of sulfone groups is 1. The zero-order valence-corrected chi connectivity index (χ0v) is 25.2. The van der Waals surface area contributed by atoms with Crippen LogP contribution in [0.1, 0.15) is 55.2 Å². The van der Waals surface area contributed by atoms with Crippen molar-refractivity contribution in [2.24, 2.45) is 5.41 Å². The van der Waals surface area contributed by atoms with E-state index < -0.39 is 9.84 Å². The molecule has 42 heavy (non-hydrogen) atoms. The lowest BCUT2D eigenvalue weighted by atomic mass is 9.77. The number of likely N-dealkylation sites (tertiary alicyclic amines) is 2. The van der Waals surface area contributed by atoms with Crippen LogP contribution in [0, 0.1) is 5.41 Å². The van der Waals surface area contributed by atoms with Crippen LogP contribution in [0.5, 0.6) is 0 Å². The highest BCUT2D eigenvalue weighted by Gasteiger charge is 2.47. The summed E-state index contributed by atoms with van der Waals surface area (Å²) in [7, 11) is -3.23. The fourth-order valence-corrected chi connectivity index (χ4v) is 7.14. The van der Waals surface area contributed by atoms with Gasteiger partial charge in [-0.05, 0) is 74.1 Å². The van der Waals surface area contributed by atoms with Gasteiger partial charge in [0.2, 0.25) is 11.8 Å². The number of hydrogen-bond acceptors (Lipinski definition) is 5. The molecule has 8 heteroatoms. The first-order valence-electron chi connectivity index (χ1n) is 15.0. The van der Waals surface area contributed by atoms with Crippen LogP contribution in [0.3, 0.4) is 0 Å². The number of carbonyl (C=O) groups is 2. The Balaban J connectivity index is 1.14. The summed E-state index contributed by atoms with van der Waals surface area (Å²) < 4.78 is 24.2. The van der Waals surface area contributed by atoms with E-state index in [4.69, 9.17) is 0 Å². The standard InChI is InChI=1S/C34H41N3O4S/c1-2-42(40,41)30-15-13-28(14-16-30)26-37-24-20-34(33(37)39)18-22-36(23-19-34)21-17-31(29-11-7-4-8-12-29)32(38)35-25-27-9-5-3-6-10-27/h3-16,31H,2,17-26H2,1H3,(H,35,38). The molecule has 2 aliphatic rings. The van der Waals surface area contributed by atoms with Crippen molar-refractivity contribution in [3.05, 3.63) is 102 Å². The summed E-state index contributed by atoms with van der Waals surface area (Å²) in [5, 5.41) is 3.13. The monoisotopic (exact) mass is 587 g/mol. The van der Waals surface area contributed by atoms with E-state index in [1.165, 1.54) is 0 Å². The molecule has 2 aliphatic heterocycles. The number of amides is 2. The maximum atomic E-state index is 13.6. The number of piperidine rings is 1. The molecule has 2 amide bonds. The van der Waals surface area contributed by atoms with E-state index in [2.05, 4.69) is 10.2 Å². The number of nitrogens with one attached hydrogen (secondary N) is 1. The average Bonchev–Trinajstić information content (AvgIpc) is 3.32. The van der Waals surface area contributed by atoms with Gasteiger partial charge in [0, 0.05) is 19.6 Å². The largest absolute Gasteiger partial charge is 0.351 e. The van der Waals surface area contributed by atoms with Gasteiger partial charge in [-0.3, -0.25) is 9.59 Å². The minimum absolute atomic E-state index is 0.0421. The first kappa shape index (κ1) is 30.0. The molecule has 1 spiro atoms. The van der Waals surface area contributed by atoms with E-state index in [0.29, 0.717) is 18.0 Å². The van der Waals surface area contributed by atoms with E-state index >= 15 is 0 Å². The van der Waals surface area contributed by atoms with Gasteiger partial charge in [-0.1, -0.05) is 79.7 Å². The number of nitrogens with zero attached hydrogens (tertiary/aromatic N) is 2. The van der Waals surface area contributed by atoms with Crippen molar-refractivity contribution in [2.75, 3.05) is 31.9 Å². The van der Waals surface area contributed by atoms with E-state index in [1.807, 2.05) is 77.7 Å². The topological polar surface area (TPSA) is 86.8 Å². The molecule has 0 radical (unpaired) electrons. The Bertz CT molecular complexity index is 1450. The van der Waals surface area contributed by atoms with E-state index in [-0.39, 0.29) is 28.9 Å². The van der Waals surface area contributed by atoms with Crippen molar-refractivity contribution in [3.8, 4) is 0 Å². The van der Waals surface area contributed by atoms with Crippen LogP contribution >= 0.6 is 0 Å². The lowest BCUT2D eigenvalue weighted by Crippen LogP contribution is -2.45. The molecule has 1 atom stereocenters. The third kappa shape index (κ3) is 6.93. The zero-order valence-electron chi connectivity index (χ0n) is 24.4. The number of carbonyl (C=O) groups excluding carboxylic acids is 2. The number of benzene rings is 3. The van der Waals surface area contributed by atoms with E-state index in [1.54, 1.807) is 19.1 Å². The van der Waals surface area contributed by atoms with Crippen LogP contribution in [0.15, 0.2) is 89.8 Å². The van der Waals surface area contributed by atoms with Crippen LogP contribution in [-0.2, 0) is 32.5 Å². The van der Waals surface area contributed by atoms with Crippen molar-refractivity contribution in [2.45, 2.75) is 56.5 Å². The molecule has 7 nitrogen and oxygen atoms in total. The van der Waals surface area contributed by atoms with Gasteiger partial charge in [0.25, 0.3) is 0 Å². The van der Waals surface area contributed by atoms with Gasteiger partial charge in [0.1, 0.15) is 0 Å². The molecule has 5 rings (SSSR count). The van der Waals surface area contributed by atoms with Gasteiger partial charge in [-0.15, -0.1) is 0 Å². The highest BCUT2D eigenvalue weighted by atomic mass is 32.2. The maximum Gasteiger partial charge on any atom is 0.229 e. The van der Waals surface area contributed by atoms with Gasteiger partial charge < -0.3 is 15.1 Å². The molecule has 3 aromatic rings. The normalized spacial score (nSPS) is 17.8. The van der Waals surface area contributed by atoms with Gasteiger partial charge in [-0.2, -0.15) is 0 Å². The van der Waals surface area contributed by atoms with Crippen molar-refractivity contribution < 1.29 is 18.0 Å². The molecule has 0 aliphatic carbocycles. The summed E-state index contributed by atoms with van der Waals surface area (Å²) in [6.45, 7) is 5.88. The van der Waals surface area contributed by atoms with Crippen LogP contribution in [0.4, 0.5) is 0 Å². The quantitative estimate of drug-likeness (QED) is 0.349. The van der Waals surface area contributed by atoms with Gasteiger partial charge in [0.05, 0.1) is 22.0 Å². The van der Waals surface area contributed by atoms with Crippen LogP contribution in [0.2, 0.25) is 0 Å². The molecule has 1 unspecified atom stereocenters. The van der Waals surface area contributed by atoms with Gasteiger partial charge in [-0.25, -0.2) is 8.42 Å². The maximum absolute atomic E-state index is 13.6. The van der Waals surface area contributed by atoms with E-state index in [0.717, 1.165) is 68.6 Å². The Hall–Kier alpha value is -3.49. The van der Waals surface area contributed by atoms with Crippen molar-refractivity contribution in [1.82, 2.24) is 15.1 Å². The molecule has 2 heterocycles. The summed E-state index contributed by atoms with van der Waals surface area (Å²) in [6.07, 6.45) is 3.23. The highest BCUT2D eigenvalue weighted by molar-refractivity contribution is 7.91. The summed E-state index contributed by atoms with van der Waals surface area (Å²) in [5.74, 6) is 0.105. The molecule has 2 fully saturated rings. The van der Waals surface area contributed by atoms with Crippen LogP contribution < -0.4 is 5.32 Å².